The second-order valence-electron chi connectivity index (χ2n) is 5.15. The van der Waals surface area contributed by atoms with Crippen molar-refractivity contribution in [1.82, 2.24) is 9.78 Å². The Balaban J connectivity index is 2.06. The van der Waals surface area contributed by atoms with E-state index in [-0.39, 0.29) is 6.04 Å². The molecule has 1 aliphatic carbocycles. The minimum absolute atomic E-state index is 0.154. The van der Waals surface area contributed by atoms with Crippen LogP contribution in [0.25, 0.3) is 5.69 Å². The number of nitrogens with two attached hydrogens (primary N) is 1. The molecule has 3 rings (SSSR count). The largest absolute Gasteiger partial charge is 0.324 e. The van der Waals surface area contributed by atoms with E-state index in [1.165, 1.54) is 29.7 Å². The van der Waals surface area contributed by atoms with Gasteiger partial charge in [-0.25, -0.2) is 4.68 Å². The Morgan fingerprint density at radius 3 is 2.78 bits per heavy atom. The van der Waals surface area contributed by atoms with Gasteiger partial charge in [-0.15, -0.1) is 0 Å². The van der Waals surface area contributed by atoms with Gasteiger partial charge in [0.25, 0.3) is 0 Å². The minimum atomic E-state index is 0.154. The lowest BCUT2D eigenvalue weighted by Gasteiger charge is -2.09. The van der Waals surface area contributed by atoms with Crippen molar-refractivity contribution in [1.29, 1.82) is 0 Å². The second kappa shape index (κ2) is 4.58. The monoisotopic (exact) mass is 241 g/mol. The maximum atomic E-state index is 6.21. The zero-order chi connectivity index (χ0) is 12.5. The fourth-order valence-corrected chi connectivity index (χ4v) is 2.67. The topological polar surface area (TPSA) is 43.8 Å². The van der Waals surface area contributed by atoms with Crippen molar-refractivity contribution in [2.75, 3.05) is 0 Å². The number of nitrogens with zero attached hydrogens (tertiary/aromatic N) is 2. The molecule has 0 saturated carbocycles. The number of rotatable bonds is 1. The van der Waals surface area contributed by atoms with Gasteiger partial charge >= 0.3 is 0 Å². The minimum Gasteiger partial charge on any atom is -0.324 e. The van der Waals surface area contributed by atoms with Crippen LogP contribution in [0.2, 0.25) is 0 Å². The summed E-state index contributed by atoms with van der Waals surface area (Å²) in [5, 5.41) is 4.53. The first-order valence-corrected chi connectivity index (χ1v) is 6.65. The molecule has 1 unspecified atom stereocenters. The summed E-state index contributed by atoms with van der Waals surface area (Å²) >= 11 is 0. The molecule has 2 aromatic rings. The Bertz CT molecular complexity index is 539. The Hall–Kier alpha value is -1.61. The molecule has 0 spiro atoms. The van der Waals surface area contributed by atoms with Crippen molar-refractivity contribution in [3.63, 3.8) is 0 Å². The molecule has 1 atom stereocenters. The first kappa shape index (κ1) is 11.5. The summed E-state index contributed by atoms with van der Waals surface area (Å²) in [4.78, 5) is 0. The van der Waals surface area contributed by atoms with E-state index < -0.39 is 0 Å². The summed E-state index contributed by atoms with van der Waals surface area (Å²) in [6.07, 6.45) is 6.52. The van der Waals surface area contributed by atoms with Gasteiger partial charge in [-0.2, -0.15) is 5.10 Å². The molecule has 1 aromatic carbocycles. The third kappa shape index (κ3) is 1.95. The highest BCUT2D eigenvalue weighted by Crippen LogP contribution is 2.28. The van der Waals surface area contributed by atoms with Gasteiger partial charge in [0.1, 0.15) is 0 Å². The normalized spacial score (nSPS) is 19.3. The summed E-state index contributed by atoms with van der Waals surface area (Å²) in [5.74, 6) is 0. The van der Waals surface area contributed by atoms with E-state index in [0.29, 0.717) is 0 Å². The van der Waals surface area contributed by atoms with Gasteiger partial charge in [-0.3, -0.25) is 0 Å². The van der Waals surface area contributed by atoms with Gasteiger partial charge in [0, 0.05) is 17.3 Å². The van der Waals surface area contributed by atoms with E-state index in [0.717, 1.165) is 18.5 Å². The van der Waals surface area contributed by atoms with Gasteiger partial charge < -0.3 is 5.73 Å². The Morgan fingerprint density at radius 1 is 1.22 bits per heavy atom. The molecule has 0 fully saturated rings. The lowest BCUT2D eigenvalue weighted by molar-refractivity contribution is 0.611. The van der Waals surface area contributed by atoms with Crippen molar-refractivity contribution in [2.24, 2.45) is 5.73 Å². The van der Waals surface area contributed by atoms with Crippen LogP contribution in [-0.2, 0) is 6.42 Å². The van der Waals surface area contributed by atoms with E-state index in [4.69, 9.17) is 5.73 Å². The lowest BCUT2D eigenvalue weighted by atomic mass is 10.1. The Labute approximate surface area is 108 Å². The molecule has 0 saturated heterocycles. The van der Waals surface area contributed by atoms with Crippen LogP contribution in [0.3, 0.4) is 0 Å². The zero-order valence-electron chi connectivity index (χ0n) is 10.8. The predicted octanol–water partition coefficient (Wildman–Crippen LogP) is 2.91. The summed E-state index contributed by atoms with van der Waals surface area (Å²) in [6, 6.07) is 8.65. The molecule has 1 heterocycles. The number of hydrogen-bond acceptors (Lipinski definition) is 2. The molecule has 18 heavy (non-hydrogen) atoms. The summed E-state index contributed by atoms with van der Waals surface area (Å²) in [7, 11) is 0. The zero-order valence-corrected chi connectivity index (χ0v) is 10.8. The Kier molecular flexibility index (Phi) is 2.92. The van der Waals surface area contributed by atoms with E-state index in [1.54, 1.807) is 0 Å². The highest BCUT2D eigenvalue weighted by atomic mass is 15.3. The van der Waals surface area contributed by atoms with Crippen molar-refractivity contribution < 1.29 is 0 Å². The fraction of sp³-hybridized carbons (Fsp3) is 0.400. The molecule has 3 heteroatoms. The van der Waals surface area contributed by atoms with Crippen molar-refractivity contribution in [3.8, 4) is 5.69 Å². The van der Waals surface area contributed by atoms with Crippen molar-refractivity contribution in [2.45, 2.75) is 38.6 Å². The van der Waals surface area contributed by atoms with Crippen LogP contribution in [-0.4, -0.2) is 9.78 Å². The van der Waals surface area contributed by atoms with Gasteiger partial charge in [-0.05, 0) is 38.3 Å². The van der Waals surface area contributed by atoms with Crippen molar-refractivity contribution >= 4 is 0 Å². The average molecular weight is 241 g/mol. The molecule has 1 aromatic heterocycles. The summed E-state index contributed by atoms with van der Waals surface area (Å²) < 4.78 is 2.06. The number of fused-ring (bicyclic) bond motifs is 1. The van der Waals surface area contributed by atoms with Gasteiger partial charge in [-0.1, -0.05) is 24.1 Å². The number of aryl methyl sites for hydroxylation is 1. The van der Waals surface area contributed by atoms with Crippen LogP contribution in [0.5, 0.6) is 0 Å². The quantitative estimate of drug-likeness (QED) is 0.780. The number of benzene rings is 1. The average Bonchev–Trinajstić information content (AvgIpc) is 2.71. The van der Waals surface area contributed by atoms with E-state index in [9.17, 15) is 0 Å². The first-order valence-electron chi connectivity index (χ1n) is 6.65. The maximum absolute atomic E-state index is 6.21. The molecule has 0 aliphatic heterocycles. The molecule has 1 aliphatic rings. The van der Waals surface area contributed by atoms with Crippen molar-refractivity contribution in [3.05, 3.63) is 47.3 Å². The van der Waals surface area contributed by atoms with Crippen LogP contribution in [0.15, 0.2) is 30.5 Å². The molecule has 94 valence electrons. The third-order valence-corrected chi connectivity index (χ3v) is 3.76. The summed E-state index contributed by atoms with van der Waals surface area (Å²) in [5.41, 5.74) is 11.1. The van der Waals surface area contributed by atoms with Gasteiger partial charge in [0.15, 0.2) is 0 Å². The van der Waals surface area contributed by atoms with Gasteiger partial charge in [0.05, 0.1) is 11.9 Å². The number of aromatic nitrogens is 2. The maximum Gasteiger partial charge on any atom is 0.0649 e. The molecule has 3 nitrogen and oxygen atoms in total. The van der Waals surface area contributed by atoms with E-state index in [2.05, 4.69) is 41.0 Å². The van der Waals surface area contributed by atoms with Crippen LogP contribution >= 0.6 is 0 Å². The SMILES string of the molecule is Cc1ccc(-n2ncc3c2CCCCC3N)cc1. The molecular formula is C15H19N3. The fourth-order valence-electron chi connectivity index (χ4n) is 2.67. The second-order valence-corrected chi connectivity index (χ2v) is 5.15. The lowest BCUT2D eigenvalue weighted by Crippen LogP contribution is -2.10. The van der Waals surface area contributed by atoms with E-state index >= 15 is 0 Å². The predicted molar refractivity (Wildman–Crippen MR) is 72.8 cm³/mol. The third-order valence-electron chi connectivity index (χ3n) is 3.76. The summed E-state index contributed by atoms with van der Waals surface area (Å²) in [6.45, 7) is 2.10. The molecular weight excluding hydrogens is 222 g/mol. The first-order chi connectivity index (χ1) is 8.75. The van der Waals surface area contributed by atoms with Gasteiger partial charge in [0.2, 0.25) is 0 Å². The molecule has 0 radical (unpaired) electrons. The van der Waals surface area contributed by atoms with Crippen LogP contribution < -0.4 is 5.73 Å². The Morgan fingerprint density at radius 2 is 2.00 bits per heavy atom. The van der Waals surface area contributed by atoms with Crippen LogP contribution in [0.4, 0.5) is 0 Å². The van der Waals surface area contributed by atoms with Crippen LogP contribution in [0.1, 0.15) is 42.1 Å². The molecule has 0 amide bonds. The molecule has 0 bridgehead atoms. The highest BCUT2D eigenvalue weighted by molar-refractivity contribution is 5.38. The number of hydrogen-bond donors (Lipinski definition) is 1. The van der Waals surface area contributed by atoms with Crippen LogP contribution in [0, 0.1) is 6.92 Å². The highest BCUT2D eigenvalue weighted by Gasteiger charge is 2.20. The van der Waals surface area contributed by atoms with E-state index in [1.807, 2.05) is 6.20 Å². The molecule has 2 N–H and O–H groups in total. The standard InChI is InChI=1S/C15H19N3/c1-11-6-8-12(9-7-11)18-15-5-3-2-4-14(16)13(15)10-17-18/h6-10,14H,2-5,16H2,1H3. The smallest absolute Gasteiger partial charge is 0.0649 e.